The van der Waals surface area contributed by atoms with E-state index in [1.165, 1.54) is 21.7 Å². The van der Waals surface area contributed by atoms with E-state index < -0.39 is 26.6 Å². The minimum atomic E-state index is -3.92. The smallest absolute Gasteiger partial charge is 0.251 e. The van der Waals surface area contributed by atoms with Crippen LogP contribution >= 0.6 is 11.3 Å². The first-order valence-electron chi connectivity index (χ1n) is 7.87. The molecule has 1 N–H and O–H groups in total. The van der Waals surface area contributed by atoms with Gasteiger partial charge in [0.1, 0.15) is 10.7 Å². The zero-order valence-electron chi connectivity index (χ0n) is 13.7. The normalized spacial score (nSPS) is 15.4. The summed E-state index contributed by atoms with van der Waals surface area (Å²) in [6.07, 6.45) is 3.19. The van der Waals surface area contributed by atoms with Crippen LogP contribution in [0.4, 0.5) is 4.39 Å². The number of aryl methyl sites for hydroxylation is 1. The Labute approximate surface area is 149 Å². The molecule has 0 bridgehead atoms. The third kappa shape index (κ3) is 3.88. The van der Waals surface area contributed by atoms with Gasteiger partial charge in [0.25, 0.3) is 5.91 Å². The Morgan fingerprint density at radius 2 is 2.08 bits per heavy atom. The van der Waals surface area contributed by atoms with Crippen molar-refractivity contribution in [2.24, 2.45) is 0 Å². The molecule has 25 heavy (non-hydrogen) atoms. The predicted octanol–water partition coefficient (Wildman–Crippen LogP) is 2.31. The second kappa shape index (κ2) is 7.19. The maximum absolute atomic E-state index is 14.1. The molecule has 1 aromatic carbocycles. The molecular formula is C16H18FN3O3S2. The van der Waals surface area contributed by atoms with E-state index in [-0.39, 0.29) is 12.1 Å². The Bertz CT molecular complexity index is 890. The van der Waals surface area contributed by atoms with E-state index in [0.29, 0.717) is 13.1 Å². The summed E-state index contributed by atoms with van der Waals surface area (Å²) < 4.78 is 40.5. The molecule has 2 aromatic rings. The summed E-state index contributed by atoms with van der Waals surface area (Å²) in [6.45, 7) is 2.91. The Morgan fingerprint density at radius 3 is 2.72 bits per heavy atom. The molecule has 134 valence electrons. The van der Waals surface area contributed by atoms with Gasteiger partial charge in [-0.2, -0.15) is 4.31 Å². The van der Waals surface area contributed by atoms with Crippen molar-refractivity contribution in [3.8, 4) is 0 Å². The van der Waals surface area contributed by atoms with Crippen LogP contribution in [0, 0.1) is 12.7 Å². The fourth-order valence-electron chi connectivity index (χ4n) is 2.67. The zero-order valence-corrected chi connectivity index (χ0v) is 15.3. The van der Waals surface area contributed by atoms with E-state index >= 15 is 0 Å². The molecule has 0 unspecified atom stereocenters. The fraction of sp³-hybridized carbons (Fsp3) is 0.375. The average Bonchev–Trinajstić information content (AvgIpc) is 3.24. The number of nitrogens with one attached hydrogen (secondary N) is 1. The summed E-state index contributed by atoms with van der Waals surface area (Å²) in [4.78, 5) is 16.8. The lowest BCUT2D eigenvalue weighted by atomic mass is 10.2. The van der Waals surface area contributed by atoms with E-state index in [1.807, 2.05) is 6.92 Å². The Balaban J connectivity index is 1.79. The van der Waals surface area contributed by atoms with Gasteiger partial charge in [-0.3, -0.25) is 4.79 Å². The molecule has 0 atom stereocenters. The number of thiazole rings is 1. The number of benzene rings is 1. The highest BCUT2D eigenvalue weighted by molar-refractivity contribution is 7.89. The van der Waals surface area contributed by atoms with Gasteiger partial charge in [-0.15, -0.1) is 11.3 Å². The van der Waals surface area contributed by atoms with Crippen molar-refractivity contribution >= 4 is 27.3 Å². The standard InChI is InChI=1S/C16H18FN3O3S2/c1-11-18-9-13(24-11)10-19-16(21)12-4-5-14(17)15(8-12)25(22,23)20-6-2-3-7-20/h4-5,8-9H,2-3,6-7,10H2,1H3,(H,19,21). The highest BCUT2D eigenvalue weighted by atomic mass is 32.2. The number of hydrogen-bond acceptors (Lipinski definition) is 5. The van der Waals surface area contributed by atoms with Gasteiger partial charge in [0, 0.05) is 29.7 Å². The van der Waals surface area contributed by atoms with Gasteiger partial charge in [-0.05, 0) is 38.0 Å². The number of sulfonamides is 1. The molecule has 0 aliphatic carbocycles. The van der Waals surface area contributed by atoms with Gasteiger partial charge in [-0.1, -0.05) is 0 Å². The monoisotopic (exact) mass is 383 g/mol. The summed E-state index contributed by atoms with van der Waals surface area (Å²) in [5, 5.41) is 3.59. The topological polar surface area (TPSA) is 79.4 Å². The summed E-state index contributed by atoms with van der Waals surface area (Å²) in [6, 6.07) is 3.41. The molecule has 6 nitrogen and oxygen atoms in total. The molecule has 2 heterocycles. The molecule has 1 amide bonds. The van der Waals surface area contributed by atoms with Crippen molar-refractivity contribution in [2.75, 3.05) is 13.1 Å². The van der Waals surface area contributed by atoms with E-state index in [0.717, 1.165) is 34.9 Å². The minimum absolute atomic E-state index is 0.111. The second-order valence-electron chi connectivity index (χ2n) is 5.78. The molecule has 0 spiro atoms. The summed E-state index contributed by atoms with van der Waals surface area (Å²) in [5.41, 5.74) is 0.111. The number of aromatic nitrogens is 1. The van der Waals surface area contributed by atoms with Crippen molar-refractivity contribution in [3.05, 3.63) is 45.7 Å². The first-order chi connectivity index (χ1) is 11.9. The van der Waals surface area contributed by atoms with Crippen LogP contribution in [0.3, 0.4) is 0 Å². The third-order valence-corrected chi connectivity index (χ3v) is 6.79. The summed E-state index contributed by atoms with van der Waals surface area (Å²) in [5.74, 6) is -1.30. The molecule has 0 saturated carbocycles. The van der Waals surface area contributed by atoms with Crippen LogP contribution < -0.4 is 5.32 Å². The molecule has 1 fully saturated rings. The summed E-state index contributed by atoms with van der Waals surface area (Å²) in [7, 11) is -3.92. The second-order valence-corrected chi connectivity index (χ2v) is 9.01. The van der Waals surface area contributed by atoms with Crippen LogP contribution in [0.5, 0.6) is 0 Å². The first kappa shape index (κ1) is 18.0. The van der Waals surface area contributed by atoms with Crippen molar-refractivity contribution in [1.29, 1.82) is 0 Å². The Morgan fingerprint density at radius 1 is 1.36 bits per heavy atom. The lowest BCUT2D eigenvalue weighted by Crippen LogP contribution is -2.29. The van der Waals surface area contributed by atoms with Gasteiger partial charge >= 0.3 is 0 Å². The number of halogens is 1. The fourth-order valence-corrected chi connectivity index (χ4v) is 5.01. The van der Waals surface area contributed by atoms with Crippen LogP contribution in [0.2, 0.25) is 0 Å². The first-order valence-corrected chi connectivity index (χ1v) is 10.1. The zero-order chi connectivity index (χ0) is 18.0. The molecular weight excluding hydrogens is 365 g/mol. The van der Waals surface area contributed by atoms with Crippen LogP contribution in [0.25, 0.3) is 0 Å². The minimum Gasteiger partial charge on any atom is -0.347 e. The predicted molar refractivity (Wildman–Crippen MR) is 92.4 cm³/mol. The Hall–Kier alpha value is -1.84. The third-order valence-electron chi connectivity index (χ3n) is 3.97. The van der Waals surface area contributed by atoms with Crippen molar-refractivity contribution in [2.45, 2.75) is 31.2 Å². The summed E-state index contributed by atoms with van der Waals surface area (Å²) >= 11 is 1.46. The largest absolute Gasteiger partial charge is 0.347 e. The quantitative estimate of drug-likeness (QED) is 0.859. The number of rotatable bonds is 5. The number of carbonyl (C=O) groups excluding carboxylic acids is 1. The van der Waals surface area contributed by atoms with E-state index in [9.17, 15) is 17.6 Å². The van der Waals surface area contributed by atoms with Crippen molar-refractivity contribution in [1.82, 2.24) is 14.6 Å². The molecule has 1 aromatic heterocycles. The van der Waals surface area contributed by atoms with E-state index in [4.69, 9.17) is 0 Å². The SMILES string of the molecule is Cc1ncc(CNC(=O)c2ccc(F)c(S(=O)(=O)N3CCCC3)c2)s1. The van der Waals surface area contributed by atoms with E-state index in [1.54, 1.807) is 6.20 Å². The van der Waals surface area contributed by atoms with Crippen molar-refractivity contribution < 1.29 is 17.6 Å². The van der Waals surface area contributed by atoms with Crippen LogP contribution in [0.1, 0.15) is 33.1 Å². The van der Waals surface area contributed by atoms with Crippen LogP contribution in [0.15, 0.2) is 29.3 Å². The molecule has 0 radical (unpaired) electrons. The molecule has 1 aliphatic rings. The maximum Gasteiger partial charge on any atom is 0.251 e. The van der Waals surface area contributed by atoms with Gasteiger partial charge < -0.3 is 5.32 Å². The highest BCUT2D eigenvalue weighted by Crippen LogP contribution is 2.24. The highest BCUT2D eigenvalue weighted by Gasteiger charge is 2.30. The maximum atomic E-state index is 14.1. The lowest BCUT2D eigenvalue weighted by Gasteiger charge is -2.16. The molecule has 1 saturated heterocycles. The molecule has 1 aliphatic heterocycles. The molecule has 3 rings (SSSR count). The Kier molecular flexibility index (Phi) is 5.16. The van der Waals surface area contributed by atoms with Gasteiger partial charge in [0.15, 0.2) is 0 Å². The van der Waals surface area contributed by atoms with E-state index in [2.05, 4.69) is 10.3 Å². The number of carbonyl (C=O) groups is 1. The van der Waals surface area contributed by atoms with Gasteiger partial charge in [0.05, 0.1) is 11.6 Å². The van der Waals surface area contributed by atoms with Gasteiger partial charge in [0.2, 0.25) is 10.0 Å². The van der Waals surface area contributed by atoms with Crippen LogP contribution in [-0.4, -0.2) is 36.7 Å². The number of nitrogens with zero attached hydrogens (tertiary/aromatic N) is 2. The van der Waals surface area contributed by atoms with Crippen molar-refractivity contribution in [3.63, 3.8) is 0 Å². The number of amides is 1. The van der Waals surface area contributed by atoms with Gasteiger partial charge in [-0.25, -0.2) is 17.8 Å². The molecule has 9 heteroatoms. The number of hydrogen-bond donors (Lipinski definition) is 1. The van der Waals surface area contributed by atoms with Crippen LogP contribution in [-0.2, 0) is 16.6 Å². The average molecular weight is 383 g/mol. The lowest BCUT2D eigenvalue weighted by molar-refractivity contribution is 0.0951.